The summed E-state index contributed by atoms with van der Waals surface area (Å²) in [6, 6.07) is 8.83. The first-order valence-corrected chi connectivity index (χ1v) is 8.08. The molecule has 2 aromatic rings. The molecule has 0 aliphatic heterocycles. The normalized spacial score (nSPS) is 10.6. The third kappa shape index (κ3) is 5.47. The molecule has 2 rings (SSSR count). The van der Waals surface area contributed by atoms with Crippen LogP contribution in [0.4, 0.5) is 10.1 Å². The zero-order chi connectivity index (χ0) is 19.1. The molecule has 0 aromatic heterocycles. The molecule has 0 heterocycles. The van der Waals surface area contributed by atoms with Gasteiger partial charge in [-0.3, -0.25) is 4.79 Å². The van der Waals surface area contributed by atoms with E-state index in [9.17, 15) is 14.0 Å². The molecule has 1 amide bonds. The first-order valence-electron chi connectivity index (χ1n) is 7.33. The summed E-state index contributed by atoms with van der Waals surface area (Å²) in [6.45, 7) is -0.516. The zero-order valence-corrected chi connectivity index (χ0v) is 15.1. The standard InChI is InChI=1S/C18H14Cl2FNO4/c1-25-16-7-5-11(9-14(16)20)22-17(23)10-26-18(24)8-6-12-13(19)3-2-4-15(12)21/h2-9H,10H2,1H3,(H,22,23)/b8-6+. The second-order valence-corrected chi connectivity index (χ2v) is 5.79. The van der Waals surface area contributed by atoms with Crippen LogP contribution in [0.1, 0.15) is 5.56 Å². The van der Waals surface area contributed by atoms with Crippen molar-refractivity contribution in [3.8, 4) is 5.75 Å². The summed E-state index contributed by atoms with van der Waals surface area (Å²) in [5, 5.41) is 3.00. The van der Waals surface area contributed by atoms with Gasteiger partial charge in [0.1, 0.15) is 11.6 Å². The highest BCUT2D eigenvalue weighted by Gasteiger charge is 2.09. The third-order valence-electron chi connectivity index (χ3n) is 3.17. The van der Waals surface area contributed by atoms with Crippen LogP contribution in [-0.4, -0.2) is 25.6 Å². The lowest BCUT2D eigenvalue weighted by Gasteiger charge is -2.08. The Bertz CT molecular complexity index is 835. The minimum Gasteiger partial charge on any atom is -0.495 e. The van der Waals surface area contributed by atoms with E-state index in [1.807, 2.05) is 0 Å². The molecule has 5 nitrogen and oxygen atoms in total. The van der Waals surface area contributed by atoms with E-state index in [1.54, 1.807) is 12.1 Å². The van der Waals surface area contributed by atoms with Gasteiger partial charge >= 0.3 is 5.97 Å². The SMILES string of the molecule is COc1ccc(NC(=O)COC(=O)/C=C/c2c(F)cccc2Cl)cc1Cl. The van der Waals surface area contributed by atoms with Gasteiger partial charge in [0.25, 0.3) is 5.91 Å². The van der Waals surface area contributed by atoms with Crippen LogP contribution in [0.25, 0.3) is 6.08 Å². The maximum absolute atomic E-state index is 13.6. The second kappa shape index (κ2) is 9.22. The van der Waals surface area contributed by atoms with Gasteiger partial charge in [0.05, 0.1) is 17.2 Å². The Morgan fingerprint density at radius 1 is 1.19 bits per heavy atom. The van der Waals surface area contributed by atoms with Gasteiger partial charge in [-0.05, 0) is 36.4 Å². The number of methoxy groups -OCH3 is 1. The van der Waals surface area contributed by atoms with Gasteiger partial charge in [0, 0.05) is 17.3 Å². The van der Waals surface area contributed by atoms with Crippen molar-refractivity contribution in [3.63, 3.8) is 0 Å². The minimum atomic E-state index is -0.813. The van der Waals surface area contributed by atoms with Crippen molar-refractivity contribution in [1.29, 1.82) is 0 Å². The topological polar surface area (TPSA) is 64.6 Å². The Morgan fingerprint density at radius 3 is 2.62 bits per heavy atom. The third-order valence-corrected chi connectivity index (χ3v) is 3.79. The van der Waals surface area contributed by atoms with E-state index >= 15 is 0 Å². The van der Waals surface area contributed by atoms with Crippen molar-refractivity contribution in [3.05, 3.63) is 63.9 Å². The van der Waals surface area contributed by atoms with Crippen molar-refractivity contribution >= 4 is 46.8 Å². The van der Waals surface area contributed by atoms with Gasteiger partial charge in [0.15, 0.2) is 6.61 Å². The number of carbonyl (C=O) groups excluding carboxylic acids is 2. The van der Waals surface area contributed by atoms with E-state index in [4.69, 9.17) is 32.7 Å². The van der Waals surface area contributed by atoms with E-state index < -0.39 is 24.3 Å². The number of carbonyl (C=O) groups is 2. The number of amides is 1. The molecule has 0 unspecified atom stereocenters. The number of halogens is 3. The largest absolute Gasteiger partial charge is 0.495 e. The highest BCUT2D eigenvalue weighted by atomic mass is 35.5. The number of hydrogen-bond donors (Lipinski definition) is 1. The van der Waals surface area contributed by atoms with Crippen LogP contribution >= 0.6 is 23.2 Å². The van der Waals surface area contributed by atoms with Crippen LogP contribution in [0.15, 0.2) is 42.5 Å². The molecular weight excluding hydrogens is 384 g/mol. The lowest BCUT2D eigenvalue weighted by Crippen LogP contribution is -2.20. The van der Waals surface area contributed by atoms with Crippen molar-refractivity contribution in [1.82, 2.24) is 0 Å². The van der Waals surface area contributed by atoms with Crippen LogP contribution in [-0.2, 0) is 14.3 Å². The van der Waals surface area contributed by atoms with E-state index in [1.165, 1.54) is 37.5 Å². The molecule has 0 saturated carbocycles. The first kappa shape index (κ1) is 19.8. The second-order valence-electron chi connectivity index (χ2n) is 4.97. The number of benzene rings is 2. The van der Waals surface area contributed by atoms with Gasteiger partial charge in [-0.25, -0.2) is 9.18 Å². The van der Waals surface area contributed by atoms with Crippen LogP contribution in [0.5, 0.6) is 5.75 Å². The monoisotopic (exact) mass is 397 g/mol. The Morgan fingerprint density at radius 2 is 1.96 bits per heavy atom. The lowest BCUT2D eigenvalue weighted by molar-refractivity contribution is -0.142. The number of ether oxygens (including phenoxy) is 2. The highest BCUT2D eigenvalue weighted by Crippen LogP contribution is 2.27. The summed E-state index contributed by atoms with van der Waals surface area (Å²) in [5.74, 6) is -1.48. The summed E-state index contributed by atoms with van der Waals surface area (Å²) in [5.41, 5.74) is 0.481. The number of rotatable bonds is 6. The molecule has 0 fully saturated rings. The molecule has 0 radical (unpaired) electrons. The molecule has 0 saturated heterocycles. The van der Waals surface area contributed by atoms with Crippen LogP contribution in [0.3, 0.4) is 0 Å². The summed E-state index contributed by atoms with van der Waals surface area (Å²) in [4.78, 5) is 23.4. The number of hydrogen-bond acceptors (Lipinski definition) is 4. The van der Waals surface area contributed by atoms with Crippen molar-refractivity contribution in [2.24, 2.45) is 0 Å². The van der Waals surface area contributed by atoms with Gasteiger partial charge in [-0.15, -0.1) is 0 Å². The fourth-order valence-electron chi connectivity index (χ4n) is 1.95. The molecule has 8 heteroatoms. The number of nitrogens with one attached hydrogen (secondary N) is 1. The van der Waals surface area contributed by atoms with Crippen molar-refractivity contribution in [2.75, 3.05) is 19.0 Å². The first-order chi connectivity index (χ1) is 12.4. The maximum atomic E-state index is 13.6. The molecule has 2 aromatic carbocycles. The summed E-state index contributed by atoms with van der Waals surface area (Å²) in [6.07, 6.45) is 2.17. The van der Waals surface area contributed by atoms with Crippen molar-refractivity contribution in [2.45, 2.75) is 0 Å². The molecule has 0 spiro atoms. The Hall–Kier alpha value is -2.57. The molecular formula is C18H14Cl2FNO4. The molecule has 0 aliphatic carbocycles. The minimum absolute atomic E-state index is 0.0587. The van der Waals surface area contributed by atoms with Crippen LogP contribution in [0.2, 0.25) is 10.0 Å². The molecule has 136 valence electrons. The summed E-state index contributed by atoms with van der Waals surface area (Å²) in [7, 11) is 1.47. The molecule has 0 aliphatic rings. The van der Waals surface area contributed by atoms with Crippen molar-refractivity contribution < 1.29 is 23.5 Å². The summed E-state index contributed by atoms with van der Waals surface area (Å²) >= 11 is 11.8. The van der Waals surface area contributed by atoms with E-state index in [2.05, 4.69) is 5.32 Å². The zero-order valence-electron chi connectivity index (χ0n) is 13.6. The molecule has 0 atom stereocenters. The van der Waals surface area contributed by atoms with Gasteiger partial charge in [-0.2, -0.15) is 0 Å². The Kier molecular flexibility index (Phi) is 7.00. The average molecular weight is 398 g/mol. The molecule has 1 N–H and O–H groups in total. The lowest BCUT2D eigenvalue weighted by atomic mass is 10.2. The smallest absolute Gasteiger partial charge is 0.331 e. The maximum Gasteiger partial charge on any atom is 0.331 e. The fourth-order valence-corrected chi connectivity index (χ4v) is 2.43. The fraction of sp³-hybridized carbons (Fsp3) is 0.111. The van der Waals surface area contributed by atoms with E-state index in [0.717, 1.165) is 6.08 Å². The molecule has 26 heavy (non-hydrogen) atoms. The van der Waals surface area contributed by atoms with E-state index in [0.29, 0.717) is 16.5 Å². The summed E-state index contributed by atoms with van der Waals surface area (Å²) < 4.78 is 23.4. The molecule has 0 bridgehead atoms. The Labute approximate surface area is 159 Å². The predicted octanol–water partition coefficient (Wildman–Crippen LogP) is 4.34. The van der Waals surface area contributed by atoms with Crippen LogP contribution < -0.4 is 10.1 Å². The number of esters is 1. The number of anilines is 1. The Balaban J connectivity index is 1.88. The van der Waals surface area contributed by atoms with Gasteiger partial charge < -0.3 is 14.8 Å². The van der Waals surface area contributed by atoms with E-state index in [-0.39, 0.29) is 10.6 Å². The highest BCUT2D eigenvalue weighted by molar-refractivity contribution is 6.32. The van der Waals surface area contributed by atoms with Gasteiger partial charge in [-0.1, -0.05) is 29.3 Å². The van der Waals surface area contributed by atoms with Crippen LogP contribution in [0, 0.1) is 5.82 Å². The van der Waals surface area contributed by atoms with Gasteiger partial charge in [0.2, 0.25) is 0 Å². The predicted molar refractivity (Wildman–Crippen MR) is 98.0 cm³/mol. The average Bonchev–Trinajstić information content (AvgIpc) is 2.60. The quantitative estimate of drug-likeness (QED) is 0.581.